The van der Waals surface area contributed by atoms with Crippen LogP contribution in [-0.4, -0.2) is 85.1 Å². The van der Waals surface area contributed by atoms with Gasteiger partial charge in [-0.15, -0.1) is 0 Å². The molecule has 204 valence electrons. The first-order valence-electron chi connectivity index (χ1n) is 11.4. The molecule has 0 aliphatic rings. The van der Waals surface area contributed by atoms with Crippen LogP contribution in [0.5, 0.6) is 0 Å². The van der Waals surface area contributed by atoms with Crippen LogP contribution in [0.25, 0.3) is 21.5 Å². The maximum absolute atomic E-state index is 13.0. The fourth-order valence-corrected chi connectivity index (χ4v) is 5.28. The zero-order chi connectivity index (χ0) is 28.7. The minimum absolute atomic E-state index is 0. The molecule has 2 radical (unpaired) electrons. The van der Waals surface area contributed by atoms with Crippen LogP contribution in [0.2, 0.25) is 0 Å². The fourth-order valence-electron chi connectivity index (χ4n) is 4.08. The summed E-state index contributed by atoms with van der Waals surface area (Å²) in [6, 6.07) is 20.1. The summed E-state index contributed by atoms with van der Waals surface area (Å²) in [7, 11) is -8.96. The predicted molar refractivity (Wildman–Crippen MR) is 159 cm³/mol. The van der Waals surface area contributed by atoms with Crippen LogP contribution < -0.4 is 32.4 Å². The summed E-state index contributed by atoms with van der Waals surface area (Å²) < 4.78 is 65.5. The first kappa shape index (κ1) is 33.7. The van der Waals surface area contributed by atoms with Gasteiger partial charge in [0.05, 0.1) is 16.3 Å². The second-order valence-corrected chi connectivity index (χ2v) is 11.3. The van der Waals surface area contributed by atoms with Crippen molar-refractivity contribution in [2.45, 2.75) is 9.79 Å². The number of hydrogen-bond acceptors (Lipinski definition) is 10. The Bertz CT molecular complexity index is 2290. The van der Waals surface area contributed by atoms with Crippen LogP contribution in [0.15, 0.2) is 115 Å². The van der Waals surface area contributed by atoms with E-state index in [2.05, 4.69) is 21.1 Å². The van der Waals surface area contributed by atoms with Crippen LogP contribution in [0.4, 0.5) is 11.4 Å². The van der Waals surface area contributed by atoms with E-state index in [-0.39, 0.29) is 85.3 Å². The summed E-state index contributed by atoms with van der Waals surface area (Å²) in [5.74, 6) is 0. The standard InChI is InChI=1S/C26H18N4O8S2.2Na/c31-23-12-10-22(29-27-20-7-3-4-15-8-9-16(14-19(15)20)39(33,34)35)26(32)25(23)30-28-21-11-13-24(40(36,37)38)18-6-2-1-5-17(18)21;;/h1-14,27-28H,(H,33,34,35)(H,36,37,38);;. The van der Waals surface area contributed by atoms with Crippen molar-refractivity contribution in [1.82, 2.24) is 0 Å². The smallest absolute Gasteiger partial charge is 0.287 e. The van der Waals surface area contributed by atoms with Gasteiger partial charge in [-0.2, -0.15) is 27.0 Å². The topological polar surface area (TPSA) is 192 Å². The Hall–Kier alpha value is -2.76. The van der Waals surface area contributed by atoms with Crippen LogP contribution >= 0.6 is 0 Å². The Morgan fingerprint density at radius 3 is 1.98 bits per heavy atom. The molecule has 0 aliphatic heterocycles. The van der Waals surface area contributed by atoms with Crippen molar-refractivity contribution in [1.29, 1.82) is 0 Å². The Labute approximate surface area is 282 Å². The van der Waals surface area contributed by atoms with E-state index >= 15 is 0 Å². The Balaban J connectivity index is 0.00000242. The second-order valence-electron chi connectivity index (χ2n) is 8.50. The van der Waals surface area contributed by atoms with Crippen LogP contribution in [0.3, 0.4) is 0 Å². The van der Waals surface area contributed by atoms with E-state index < -0.39 is 36.5 Å². The average Bonchev–Trinajstić information content (AvgIpc) is 2.91. The van der Waals surface area contributed by atoms with Gasteiger partial charge in [0.1, 0.15) is 10.3 Å². The van der Waals surface area contributed by atoms with Gasteiger partial charge in [-0.1, -0.05) is 42.5 Å². The first-order chi connectivity index (χ1) is 18.9. The van der Waals surface area contributed by atoms with Gasteiger partial charge in [0.2, 0.25) is 10.9 Å². The normalized spacial score (nSPS) is 12.5. The molecule has 5 aromatic rings. The van der Waals surface area contributed by atoms with Gasteiger partial charge in [0.25, 0.3) is 20.2 Å². The van der Waals surface area contributed by atoms with Crippen LogP contribution in [-0.2, 0) is 20.2 Å². The van der Waals surface area contributed by atoms with Crippen molar-refractivity contribution in [3.05, 3.63) is 116 Å². The number of anilines is 2. The quantitative estimate of drug-likeness (QED) is 0.121. The van der Waals surface area contributed by atoms with Crippen molar-refractivity contribution in [3.8, 4) is 0 Å². The number of nitrogens with zero attached hydrogens (tertiary/aromatic N) is 2. The van der Waals surface area contributed by atoms with Crippen molar-refractivity contribution in [2.75, 3.05) is 10.9 Å². The van der Waals surface area contributed by atoms with Gasteiger partial charge in [-0.05, 0) is 47.9 Å². The molecule has 4 N–H and O–H groups in total. The number of rotatable bonds is 6. The van der Waals surface area contributed by atoms with E-state index in [0.29, 0.717) is 21.8 Å². The Morgan fingerprint density at radius 1 is 0.619 bits per heavy atom. The summed E-state index contributed by atoms with van der Waals surface area (Å²) >= 11 is 0. The molecule has 0 amide bonds. The van der Waals surface area contributed by atoms with Gasteiger partial charge in [-0.3, -0.25) is 29.5 Å². The molecule has 0 spiro atoms. The molecule has 0 fully saturated rings. The summed E-state index contributed by atoms with van der Waals surface area (Å²) in [5, 5.41) is 8.97. The monoisotopic (exact) mass is 624 g/mol. The molecular formula is C26H18N4Na2O8S2. The third-order valence-electron chi connectivity index (χ3n) is 5.97. The minimum atomic E-state index is -4.51. The molecule has 42 heavy (non-hydrogen) atoms. The first-order valence-corrected chi connectivity index (χ1v) is 14.3. The zero-order valence-electron chi connectivity index (χ0n) is 22.1. The molecule has 0 unspecified atom stereocenters. The molecule has 0 saturated carbocycles. The van der Waals surface area contributed by atoms with E-state index in [4.69, 9.17) is 0 Å². The molecule has 0 atom stereocenters. The molecular weight excluding hydrogens is 606 g/mol. The third-order valence-corrected chi connectivity index (χ3v) is 7.73. The Morgan fingerprint density at radius 2 is 1.29 bits per heavy atom. The maximum Gasteiger partial charge on any atom is 0.295 e. The molecule has 5 aromatic carbocycles. The van der Waals surface area contributed by atoms with Crippen molar-refractivity contribution in [3.63, 3.8) is 0 Å². The molecule has 0 bridgehead atoms. The summed E-state index contributed by atoms with van der Waals surface area (Å²) in [4.78, 5) is 24.9. The van der Waals surface area contributed by atoms with Gasteiger partial charge in [0, 0.05) is 75.3 Å². The van der Waals surface area contributed by atoms with E-state index in [1.54, 1.807) is 36.4 Å². The molecule has 5 rings (SSSR count). The van der Waals surface area contributed by atoms with Crippen molar-refractivity contribution >= 4 is 112 Å². The van der Waals surface area contributed by atoms with E-state index in [1.807, 2.05) is 0 Å². The van der Waals surface area contributed by atoms with Crippen LogP contribution in [0.1, 0.15) is 0 Å². The number of benzene rings is 5. The summed E-state index contributed by atoms with van der Waals surface area (Å²) in [6.07, 6.45) is 0. The Kier molecular flexibility index (Phi) is 10.7. The van der Waals surface area contributed by atoms with E-state index in [9.17, 15) is 35.5 Å². The molecule has 0 heterocycles. The van der Waals surface area contributed by atoms with Gasteiger partial charge in [0.15, 0.2) is 5.36 Å². The largest absolute Gasteiger partial charge is 0.295 e. The number of hydrogen-bond donors (Lipinski definition) is 4. The average molecular weight is 625 g/mol. The summed E-state index contributed by atoms with van der Waals surface area (Å²) in [6.45, 7) is 0. The second kappa shape index (κ2) is 13.3. The van der Waals surface area contributed by atoms with E-state index in [1.165, 1.54) is 42.5 Å². The number of nitrogens with one attached hydrogen (secondary N) is 2. The van der Waals surface area contributed by atoms with E-state index in [0.717, 1.165) is 6.07 Å². The van der Waals surface area contributed by atoms with Gasteiger partial charge in [-0.25, -0.2) is 0 Å². The fraction of sp³-hybridized carbons (Fsp3) is 0. The van der Waals surface area contributed by atoms with Crippen molar-refractivity contribution in [2.24, 2.45) is 10.2 Å². The number of fused-ring (bicyclic) bond motifs is 2. The maximum atomic E-state index is 13.0. The van der Waals surface area contributed by atoms with Gasteiger partial charge < -0.3 is 0 Å². The van der Waals surface area contributed by atoms with Crippen molar-refractivity contribution < 1.29 is 25.9 Å². The third kappa shape index (κ3) is 7.06. The summed E-state index contributed by atoms with van der Waals surface area (Å²) in [5.41, 5.74) is 4.40. The molecule has 0 aliphatic carbocycles. The minimum Gasteiger partial charge on any atom is -0.287 e. The SMILES string of the molecule is O=c1ccc(=NNc2cccc3ccc(S(=O)(=O)O)cc23)c(=O)c1=NNc1ccc(S(=O)(=O)O)c2ccccc12.[Na].[Na]. The zero-order valence-corrected chi connectivity index (χ0v) is 27.8. The predicted octanol–water partition coefficient (Wildman–Crippen LogP) is 1.18. The van der Waals surface area contributed by atoms with Crippen LogP contribution in [0, 0.1) is 0 Å². The van der Waals surface area contributed by atoms with Gasteiger partial charge >= 0.3 is 0 Å². The molecule has 0 saturated heterocycles. The molecule has 0 aromatic heterocycles. The molecule has 12 nitrogen and oxygen atoms in total. The molecule has 16 heteroatoms.